The van der Waals surface area contributed by atoms with Gasteiger partial charge < -0.3 is 5.32 Å². The first kappa shape index (κ1) is 14.0. The van der Waals surface area contributed by atoms with Gasteiger partial charge in [-0.05, 0) is 44.7 Å². The molecular weight excluding hydrogens is 258 g/mol. The summed E-state index contributed by atoms with van der Waals surface area (Å²) >= 11 is 1.52. The summed E-state index contributed by atoms with van der Waals surface area (Å²) in [7, 11) is 0. The quantitative estimate of drug-likeness (QED) is 0.664. The van der Waals surface area contributed by atoms with Gasteiger partial charge in [0.1, 0.15) is 0 Å². The number of ketones is 1. The third kappa shape index (κ3) is 4.03. The van der Waals surface area contributed by atoms with E-state index in [0.717, 1.165) is 35.4 Å². The minimum Gasteiger partial charge on any atom is -0.355 e. The molecule has 2 rings (SSSR count). The fraction of sp³-hybridized carbons (Fsp3) is 0.467. The number of carbonyl (C=O) groups excluding carboxylic acids is 2. The smallest absolute Gasteiger partial charge is 0.223 e. The van der Waals surface area contributed by atoms with Gasteiger partial charge in [0.05, 0.1) is 4.88 Å². The monoisotopic (exact) mass is 277 g/mol. The van der Waals surface area contributed by atoms with E-state index in [1.165, 1.54) is 11.3 Å². The molecule has 4 heteroatoms. The van der Waals surface area contributed by atoms with E-state index in [2.05, 4.69) is 17.5 Å². The molecule has 0 radical (unpaired) electrons. The Bertz CT molecular complexity index is 490. The number of rotatable bonds is 5. The Morgan fingerprint density at radius 2 is 2.21 bits per heavy atom. The first-order chi connectivity index (χ1) is 9.16. The largest absolute Gasteiger partial charge is 0.355 e. The molecule has 19 heavy (non-hydrogen) atoms. The minimum absolute atomic E-state index is 0.106. The van der Waals surface area contributed by atoms with Gasteiger partial charge in [-0.1, -0.05) is 12.2 Å². The molecular formula is C15H19NO2S. The Labute approximate surface area is 117 Å². The molecule has 102 valence electrons. The number of hydrogen-bond donors (Lipinski definition) is 1. The van der Waals surface area contributed by atoms with Crippen molar-refractivity contribution in [2.24, 2.45) is 5.92 Å². The SMILES string of the molecule is CC(=O)c1ccc(CCNC(=O)[C@H]2CC=CCC2)s1. The molecule has 0 bridgehead atoms. The topological polar surface area (TPSA) is 46.2 Å². The maximum atomic E-state index is 11.9. The van der Waals surface area contributed by atoms with Gasteiger partial charge in [-0.3, -0.25) is 9.59 Å². The highest BCUT2D eigenvalue weighted by Gasteiger charge is 2.17. The summed E-state index contributed by atoms with van der Waals surface area (Å²) in [5.74, 6) is 0.406. The van der Waals surface area contributed by atoms with Crippen molar-refractivity contribution >= 4 is 23.0 Å². The van der Waals surface area contributed by atoms with Crippen molar-refractivity contribution in [2.75, 3.05) is 6.54 Å². The first-order valence-electron chi connectivity index (χ1n) is 6.69. The van der Waals surface area contributed by atoms with E-state index in [4.69, 9.17) is 0 Å². The Morgan fingerprint density at radius 1 is 1.37 bits per heavy atom. The van der Waals surface area contributed by atoms with E-state index < -0.39 is 0 Å². The second-order valence-electron chi connectivity index (χ2n) is 4.84. The van der Waals surface area contributed by atoms with Crippen LogP contribution in [-0.2, 0) is 11.2 Å². The summed E-state index contributed by atoms with van der Waals surface area (Å²) < 4.78 is 0. The third-order valence-corrected chi connectivity index (χ3v) is 4.56. The number of thiophene rings is 1. The highest BCUT2D eigenvalue weighted by molar-refractivity contribution is 7.14. The summed E-state index contributed by atoms with van der Waals surface area (Å²) in [6.45, 7) is 2.23. The second kappa shape index (κ2) is 6.66. The summed E-state index contributed by atoms with van der Waals surface area (Å²) in [4.78, 5) is 25.0. The van der Waals surface area contributed by atoms with E-state index in [0.29, 0.717) is 6.54 Å². The zero-order valence-electron chi connectivity index (χ0n) is 11.1. The van der Waals surface area contributed by atoms with Gasteiger partial charge in [-0.2, -0.15) is 0 Å². The zero-order valence-corrected chi connectivity index (χ0v) is 12.0. The molecule has 1 aromatic heterocycles. The van der Waals surface area contributed by atoms with Crippen LogP contribution in [0.3, 0.4) is 0 Å². The molecule has 1 aliphatic carbocycles. The van der Waals surface area contributed by atoms with Crippen LogP contribution in [0.5, 0.6) is 0 Å². The first-order valence-corrected chi connectivity index (χ1v) is 7.51. The maximum Gasteiger partial charge on any atom is 0.223 e. The predicted molar refractivity (Wildman–Crippen MR) is 77.5 cm³/mol. The van der Waals surface area contributed by atoms with Crippen molar-refractivity contribution in [2.45, 2.75) is 32.6 Å². The van der Waals surface area contributed by atoms with Gasteiger partial charge in [0.2, 0.25) is 5.91 Å². The number of amides is 1. The van der Waals surface area contributed by atoms with Gasteiger partial charge in [-0.15, -0.1) is 11.3 Å². The van der Waals surface area contributed by atoms with Crippen molar-refractivity contribution in [3.05, 3.63) is 34.0 Å². The van der Waals surface area contributed by atoms with Crippen LogP contribution in [0.15, 0.2) is 24.3 Å². The standard InChI is InChI=1S/C15H19NO2S/c1-11(17)14-8-7-13(19-14)9-10-16-15(18)12-5-3-2-4-6-12/h2-3,7-8,12H,4-6,9-10H2,1H3,(H,16,18)/t12-/m0/s1. The normalized spacial score (nSPS) is 18.3. The molecule has 0 aromatic carbocycles. The number of allylic oxidation sites excluding steroid dienone is 2. The summed E-state index contributed by atoms with van der Waals surface area (Å²) in [6, 6.07) is 3.83. The van der Waals surface area contributed by atoms with Gasteiger partial charge in [-0.25, -0.2) is 0 Å². The van der Waals surface area contributed by atoms with Gasteiger partial charge in [0.25, 0.3) is 0 Å². The Hall–Kier alpha value is -1.42. The summed E-state index contributed by atoms with van der Waals surface area (Å²) in [6.07, 6.45) is 7.84. The Kier molecular flexibility index (Phi) is 4.91. The molecule has 3 nitrogen and oxygen atoms in total. The van der Waals surface area contributed by atoms with E-state index in [1.54, 1.807) is 6.92 Å². The third-order valence-electron chi connectivity index (χ3n) is 3.32. The second-order valence-corrected chi connectivity index (χ2v) is 6.01. The fourth-order valence-electron chi connectivity index (χ4n) is 2.19. The Balaban J connectivity index is 1.74. The lowest BCUT2D eigenvalue weighted by Gasteiger charge is -2.16. The number of Topliss-reactive ketones (excluding diaryl/α,β-unsaturated/α-hetero) is 1. The fourth-order valence-corrected chi connectivity index (χ4v) is 3.09. The van der Waals surface area contributed by atoms with Crippen LogP contribution in [0.1, 0.15) is 40.7 Å². The lowest BCUT2D eigenvalue weighted by atomic mass is 9.94. The van der Waals surface area contributed by atoms with Gasteiger partial charge in [0.15, 0.2) is 5.78 Å². The molecule has 1 atom stereocenters. The summed E-state index contributed by atoms with van der Waals surface area (Å²) in [5, 5.41) is 2.99. The molecule has 0 saturated heterocycles. The van der Waals surface area contributed by atoms with Crippen LogP contribution in [0.25, 0.3) is 0 Å². The minimum atomic E-state index is 0.106. The van der Waals surface area contributed by atoms with Crippen LogP contribution in [0, 0.1) is 5.92 Å². The van der Waals surface area contributed by atoms with Crippen LogP contribution in [0.4, 0.5) is 0 Å². The van der Waals surface area contributed by atoms with Crippen molar-refractivity contribution in [3.8, 4) is 0 Å². The lowest BCUT2D eigenvalue weighted by Crippen LogP contribution is -2.32. The Morgan fingerprint density at radius 3 is 2.84 bits per heavy atom. The van der Waals surface area contributed by atoms with Crippen molar-refractivity contribution in [3.63, 3.8) is 0 Å². The molecule has 1 amide bonds. The van der Waals surface area contributed by atoms with E-state index >= 15 is 0 Å². The molecule has 0 spiro atoms. The van der Waals surface area contributed by atoms with Crippen molar-refractivity contribution < 1.29 is 9.59 Å². The average molecular weight is 277 g/mol. The molecule has 0 aliphatic heterocycles. The van der Waals surface area contributed by atoms with Crippen LogP contribution in [0.2, 0.25) is 0 Å². The maximum absolute atomic E-state index is 11.9. The molecule has 1 aromatic rings. The van der Waals surface area contributed by atoms with Crippen LogP contribution in [-0.4, -0.2) is 18.2 Å². The lowest BCUT2D eigenvalue weighted by molar-refractivity contribution is -0.125. The molecule has 0 unspecified atom stereocenters. The number of hydrogen-bond acceptors (Lipinski definition) is 3. The van der Waals surface area contributed by atoms with E-state index in [9.17, 15) is 9.59 Å². The molecule has 1 heterocycles. The van der Waals surface area contributed by atoms with Crippen LogP contribution < -0.4 is 5.32 Å². The molecule has 1 N–H and O–H groups in total. The highest BCUT2D eigenvalue weighted by Crippen LogP contribution is 2.19. The zero-order chi connectivity index (χ0) is 13.7. The van der Waals surface area contributed by atoms with E-state index in [-0.39, 0.29) is 17.6 Å². The van der Waals surface area contributed by atoms with Gasteiger partial charge >= 0.3 is 0 Å². The van der Waals surface area contributed by atoms with Gasteiger partial charge in [0, 0.05) is 17.3 Å². The summed E-state index contributed by atoms with van der Waals surface area (Å²) in [5.41, 5.74) is 0. The van der Waals surface area contributed by atoms with Crippen LogP contribution >= 0.6 is 11.3 Å². The van der Waals surface area contributed by atoms with Crippen molar-refractivity contribution in [1.82, 2.24) is 5.32 Å². The average Bonchev–Trinajstić information content (AvgIpc) is 2.89. The number of carbonyl (C=O) groups is 2. The van der Waals surface area contributed by atoms with Crippen molar-refractivity contribution in [1.29, 1.82) is 0 Å². The predicted octanol–water partition coefficient (Wildman–Crippen LogP) is 2.97. The molecule has 1 aliphatic rings. The molecule has 0 fully saturated rings. The number of nitrogens with one attached hydrogen (secondary N) is 1. The highest BCUT2D eigenvalue weighted by atomic mass is 32.1. The molecule has 0 saturated carbocycles. The van der Waals surface area contributed by atoms with E-state index in [1.807, 2.05) is 12.1 Å².